The van der Waals surface area contributed by atoms with E-state index in [1.54, 1.807) is 6.07 Å². The molecule has 0 fully saturated rings. The molecule has 2 nitrogen and oxygen atoms in total. The van der Waals surface area contributed by atoms with Gasteiger partial charge < -0.3 is 0 Å². The van der Waals surface area contributed by atoms with Gasteiger partial charge in [0.1, 0.15) is 0 Å². The van der Waals surface area contributed by atoms with E-state index in [4.69, 9.17) is 5.84 Å². The average Bonchev–Trinajstić information content (AvgIpc) is 2.29. The lowest BCUT2D eigenvalue weighted by Gasteiger charge is -2.33. The number of hydrazine groups is 1. The lowest BCUT2D eigenvalue weighted by Crippen LogP contribution is -2.38. The second-order valence-electron chi connectivity index (χ2n) is 5.07. The summed E-state index contributed by atoms with van der Waals surface area (Å²) in [6.45, 7) is 5.92. The number of halogens is 3. The quantitative estimate of drug-likeness (QED) is 0.640. The fourth-order valence-electron chi connectivity index (χ4n) is 1.87. The molecule has 1 rings (SSSR count). The van der Waals surface area contributed by atoms with Crippen molar-refractivity contribution in [3.63, 3.8) is 0 Å². The summed E-state index contributed by atoms with van der Waals surface area (Å²) in [5.41, 5.74) is 2.31. The summed E-state index contributed by atoms with van der Waals surface area (Å²) in [7, 11) is 0. The molecule has 0 radical (unpaired) electrons. The van der Waals surface area contributed by atoms with Crippen molar-refractivity contribution in [3.8, 4) is 0 Å². The first-order chi connectivity index (χ1) is 8.22. The third kappa shape index (κ3) is 3.23. The Labute approximate surface area is 105 Å². The number of hydrogen-bond donors (Lipinski definition) is 2. The predicted molar refractivity (Wildman–Crippen MR) is 65.6 cm³/mol. The molecule has 1 aromatic rings. The predicted octanol–water partition coefficient (Wildman–Crippen LogP) is 3.65. The van der Waals surface area contributed by atoms with Gasteiger partial charge in [0.25, 0.3) is 0 Å². The number of nitrogens with one attached hydrogen (secondary N) is 1. The van der Waals surface area contributed by atoms with E-state index < -0.39 is 11.7 Å². The van der Waals surface area contributed by atoms with Gasteiger partial charge >= 0.3 is 6.18 Å². The van der Waals surface area contributed by atoms with E-state index in [0.29, 0.717) is 5.56 Å². The Morgan fingerprint density at radius 1 is 1.28 bits per heavy atom. The van der Waals surface area contributed by atoms with Gasteiger partial charge in [-0.05, 0) is 29.5 Å². The molecule has 0 bridgehead atoms. The van der Waals surface area contributed by atoms with E-state index in [9.17, 15) is 13.2 Å². The molecule has 0 amide bonds. The third-order valence-electron chi connectivity index (χ3n) is 3.41. The molecule has 1 atom stereocenters. The van der Waals surface area contributed by atoms with Crippen LogP contribution in [0.25, 0.3) is 0 Å². The van der Waals surface area contributed by atoms with E-state index in [2.05, 4.69) is 5.43 Å². The lowest BCUT2D eigenvalue weighted by atomic mass is 9.78. The third-order valence-corrected chi connectivity index (χ3v) is 3.41. The molecule has 0 aliphatic rings. The maximum absolute atomic E-state index is 12.7. The molecule has 0 saturated carbocycles. The molecule has 0 spiro atoms. The first kappa shape index (κ1) is 15.0. The highest BCUT2D eigenvalue weighted by atomic mass is 19.4. The number of alkyl halides is 3. The van der Waals surface area contributed by atoms with Gasteiger partial charge in [0.2, 0.25) is 0 Å². The SMILES string of the molecule is CCC(C)(C)C(NN)c1cccc(C(F)(F)F)c1. The highest BCUT2D eigenvalue weighted by Crippen LogP contribution is 2.38. The van der Waals surface area contributed by atoms with E-state index in [0.717, 1.165) is 18.6 Å². The highest BCUT2D eigenvalue weighted by Gasteiger charge is 2.33. The lowest BCUT2D eigenvalue weighted by molar-refractivity contribution is -0.137. The zero-order valence-electron chi connectivity index (χ0n) is 10.8. The van der Waals surface area contributed by atoms with E-state index in [1.165, 1.54) is 6.07 Å². The van der Waals surface area contributed by atoms with Gasteiger partial charge in [-0.15, -0.1) is 0 Å². The van der Waals surface area contributed by atoms with Crippen LogP contribution in [0.3, 0.4) is 0 Å². The van der Waals surface area contributed by atoms with Crippen LogP contribution in [0.1, 0.15) is 44.4 Å². The number of hydrogen-bond acceptors (Lipinski definition) is 2. The summed E-state index contributed by atoms with van der Waals surface area (Å²) in [6, 6.07) is 4.98. The molecule has 0 aliphatic heterocycles. The largest absolute Gasteiger partial charge is 0.416 e. The summed E-state index contributed by atoms with van der Waals surface area (Å²) in [5.74, 6) is 5.49. The number of benzene rings is 1. The maximum atomic E-state index is 12.7. The number of nitrogens with two attached hydrogens (primary N) is 1. The van der Waals surface area contributed by atoms with Crippen LogP contribution in [0, 0.1) is 5.41 Å². The zero-order valence-corrected chi connectivity index (χ0v) is 10.8. The van der Waals surface area contributed by atoms with Crippen molar-refractivity contribution in [2.75, 3.05) is 0 Å². The van der Waals surface area contributed by atoms with Crippen LogP contribution in [0.5, 0.6) is 0 Å². The minimum atomic E-state index is -4.33. The average molecular weight is 260 g/mol. The van der Waals surface area contributed by atoms with Crippen LogP contribution >= 0.6 is 0 Å². The minimum absolute atomic E-state index is 0.223. The summed E-state index contributed by atoms with van der Waals surface area (Å²) >= 11 is 0. The standard InChI is InChI=1S/C13H19F3N2/c1-4-12(2,3)11(18-17)9-6-5-7-10(8-9)13(14,15)16/h5-8,11,18H,4,17H2,1-3H3. The minimum Gasteiger partial charge on any atom is -0.271 e. The smallest absolute Gasteiger partial charge is 0.271 e. The van der Waals surface area contributed by atoms with Crippen molar-refractivity contribution in [3.05, 3.63) is 35.4 Å². The van der Waals surface area contributed by atoms with Gasteiger partial charge in [-0.25, -0.2) is 0 Å². The molecular weight excluding hydrogens is 241 g/mol. The van der Waals surface area contributed by atoms with Crippen LogP contribution < -0.4 is 11.3 Å². The maximum Gasteiger partial charge on any atom is 0.416 e. The fourth-order valence-corrected chi connectivity index (χ4v) is 1.87. The Balaban J connectivity index is 3.16. The fraction of sp³-hybridized carbons (Fsp3) is 0.538. The number of rotatable bonds is 4. The Morgan fingerprint density at radius 3 is 2.33 bits per heavy atom. The van der Waals surface area contributed by atoms with Crippen LogP contribution in [0.15, 0.2) is 24.3 Å². The molecule has 0 aromatic heterocycles. The Kier molecular flexibility index (Phi) is 4.40. The van der Waals surface area contributed by atoms with Crippen molar-refractivity contribution in [1.82, 2.24) is 5.43 Å². The first-order valence-electron chi connectivity index (χ1n) is 5.85. The van der Waals surface area contributed by atoms with E-state index >= 15 is 0 Å². The molecular formula is C13H19F3N2. The van der Waals surface area contributed by atoms with Crippen LogP contribution in [-0.2, 0) is 6.18 Å². The molecule has 1 aromatic carbocycles. The molecule has 1 unspecified atom stereocenters. The molecule has 102 valence electrons. The van der Waals surface area contributed by atoms with Crippen molar-refractivity contribution in [1.29, 1.82) is 0 Å². The second kappa shape index (κ2) is 5.28. The van der Waals surface area contributed by atoms with Crippen LogP contribution in [0.2, 0.25) is 0 Å². The topological polar surface area (TPSA) is 38.0 Å². The van der Waals surface area contributed by atoms with Gasteiger partial charge in [0.15, 0.2) is 0 Å². The van der Waals surface area contributed by atoms with Crippen LogP contribution in [0.4, 0.5) is 13.2 Å². The van der Waals surface area contributed by atoms with Crippen molar-refractivity contribution in [2.24, 2.45) is 11.3 Å². The summed E-state index contributed by atoms with van der Waals surface area (Å²) in [6.07, 6.45) is -3.52. The normalized spacial score (nSPS) is 14.6. The van der Waals surface area contributed by atoms with Gasteiger partial charge in [-0.3, -0.25) is 11.3 Å². The van der Waals surface area contributed by atoms with Gasteiger partial charge in [0.05, 0.1) is 11.6 Å². The van der Waals surface area contributed by atoms with Crippen LogP contribution in [-0.4, -0.2) is 0 Å². The van der Waals surface area contributed by atoms with Gasteiger partial charge in [-0.1, -0.05) is 32.9 Å². The van der Waals surface area contributed by atoms with E-state index in [-0.39, 0.29) is 11.5 Å². The molecule has 0 heterocycles. The molecule has 0 aliphatic carbocycles. The molecule has 0 saturated heterocycles. The van der Waals surface area contributed by atoms with Gasteiger partial charge in [-0.2, -0.15) is 13.2 Å². The summed E-state index contributed by atoms with van der Waals surface area (Å²) in [4.78, 5) is 0. The molecule has 3 N–H and O–H groups in total. The highest BCUT2D eigenvalue weighted by molar-refractivity contribution is 5.29. The van der Waals surface area contributed by atoms with E-state index in [1.807, 2.05) is 20.8 Å². The van der Waals surface area contributed by atoms with Crippen molar-refractivity contribution >= 4 is 0 Å². The Bertz CT molecular complexity index is 399. The Morgan fingerprint density at radius 2 is 1.89 bits per heavy atom. The first-order valence-corrected chi connectivity index (χ1v) is 5.85. The van der Waals surface area contributed by atoms with Crippen molar-refractivity contribution < 1.29 is 13.2 Å². The summed E-state index contributed by atoms with van der Waals surface area (Å²) in [5, 5.41) is 0. The van der Waals surface area contributed by atoms with Gasteiger partial charge in [0, 0.05) is 0 Å². The molecule has 18 heavy (non-hydrogen) atoms. The summed E-state index contributed by atoms with van der Waals surface area (Å²) < 4.78 is 38.0. The Hall–Kier alpha value is -1.07. The second-order valence-corrected chi connectivity index (χ2v) is 5.07. The monoisotopic (exact) mass is 260 g/mol. The van der Waals surface area contributed by atoms with Crippen molar-refractivity contribution in [2.45, 2.75) is 39.4 Å². The molecule has 5 heteroatoms. The zero-order chi connectivity index (χ0) is 14.0.